The molecular weight excluding hydrogens is 244 g/mol. The van der Waals surface area contributed by atoms with E-state index in [1.54, 1.807) is 12.1 Å². The molecule has 3 fully saturated rings. The summed E-state index contributed by atoms with van der Waals surface area (Å²) in [6, 6.07) is 7.31. The molecule has 1 aromatic rings. The fraction of sp³-hybridized carbons (Fsp3) is 0.600. The molecule has 3 heteroatoms. The van der Waals surface area contributed by atoms with Crippen molar-refractivity contribution in [1.29, 1.82) is 0 Å². The fourth-order valence-electron chi connectivity index (χ4n) is 3.51. The Labute approximate surface area is 109 Å². The quantitative estimate of drug-likeness (QED) is 0.821. The Morgan fingerprint density at radius 2 is 1.78 bits per heavy atom. The van der Waals surface area contributed by atoms with Crippen molar-refractivity contribution in [3.05, 3.63) is 29.8 Å². The SMILES string of the molecule is Cc1ccc(S(=O)(=O)[C@@]2(C)CCC3CC2C3)cc1. The number of benzene rings is 1. The molecule has 0 unspecified atom stereocenters. The number of hydrogen-bond donors (Lipinski definition) is 0. The summed E-state index contributed by atoms with van der Waals surface area (Å²) in [5, 5.41) is 0. The van der Waals surface area contributed by atoms with Gasteiger partial charge in [0, 0.05) is 0 Å². The lowest BCUT2D eigenvalue weighted by Crippen LogP contribution is -2.53. The Hall–Kier alpha value is -0.830. The van der Waals surface area contributed by atoms with E-state index >= 15 is 0 Å². The Bertz CT molecular complexity index is 550. The molecule has 3 saturated carbocycles. The highest BCUT2D eigenvalue weighted by atomic mass is 32.2. The van der Waals surface area contributed by atoms with Crippen LogP contribution in [0.15, 0.2) is 29.2 Å². The van der Waals surface area contributed by atoms with E-state index in [9.17, 15) is 8.42 Å². The van der Waals surface area contributed by atoms with E-state index < -0.39 is 14.6 Å². The van der Waals surface area contributed by atoms with Gasteiger partial charge in [0.25, 0.3) is 0 Å². The van der Waals surface area contributed by atoms with Crippen LogP contribution in [0.1, 0.15) is 38.2 Å². The van der Waals surface area contributed by atoms with Crippen LogP contribution in [0, 0.1) is 18.8 Å². The first kappa shape index (κ1) is 12.2. The summed E-state index contributed by atoms with van der Waals surface area (Å²) in [6.07, 6.45) is 4.14. The molecule has 18 heavy (non-hydrogen) atoms. The molecule has 0 radical (unpaired) electrons. The third kappa shape index (κ3) is 1.56. The molecule has 0 aromatic heterocycles. The van der Waals surface area contributed by atoms with Gasteiger partial charge in [-0.25, -0.2) is 8.42 Å². The molecule has 0 amide bonds. The second-order valence-corrected chi connectivity index (χ2v) is 8.61. The number of fused-ring (bicyclic) bond motifs is 2. The summed E-state index contributed by atoms with van der Waals surface area (Å²) in [7, 11) is -3.19. The van der Waals surface area contributed by atoms with E-state index in [1.165, 1.54) is 0 Å². The Kier molecular flexibility index (Phi) is 2.60. The van der Waals surface area contributed by atoms with Gasteiger partial charge in [-0.3, -0.25) is 0 Å². The third-order valence-corrected chi connectivity index (χ3v) is 7.75. The van der Waals surface area contributed by atoms with Crippen molar-refractivity contribution in [3.63, 3.8) is 0 Å². The molecule has 2 nitrogen and oxygen atoms in total. The van der Waals surface area contributed by atoms with Crippen molar-refractivity contribution in [2.45, 2.75) is 49.2 Å². The van der Waals surface area contributed by atoms with E-state index in [0.717, 1.165) is 37.2 Å². The van der Waals surface area contributed by atoms with Gasteiger partial charge >= 0.3 is 0 Å². The van der Waals surface area contributed by atoms with Crippen LogP contribution >= 0.6 is 0 Å². The molecule has 1 aromatic carbocycles. The van der Waals surface area contributed by atoms with Gasteiger partial charge in [-0.1, -0.05) is 17.7 Å². The molecule has 3 aliphatic rings. The van der Waals surface area contributed by atoms with Gasteiger partial charge < -0.3 is 0 Å². The second kappa shape index (κ2) is 3.83. The molecule has 1 atom stereocenters. The minimum atomic E-state index is -3.19. The molecule has 3 aliphatic carbocycles. The Morgan fingerprint density at radius 1 is 1.17 bits per heavy atom. The first-order valence-electron chi connectivity index (χ1n) is 6.75. The van der Waals surface area contributed by atoms with Crippen LogP contribution in [0.2, 0.25) is 0 Å². The van der Waals surface area contributed by atoms with Crippen LogP contribution < -0.4 is 0 Å². The van der Waals surface area contributed by atoms with Crippen LogP contribution in [0.4, 0.5) is 0 Å². The van der Waals surface area contributed by atoms with Crippen molar-refractivity contribution in [2.24, 2.45) is 11.8 Å². The largest absolute Gasteiger partial charge is 0.223 e. The topological polar surface area (TPSA) is 34.1 Å². The summed E-state index contributed by atoms with van der Waals surface area (Å²) >= 11 is 0. The molecular formula is C15H20O2S. The van der Waals surface area contributed by atoms with Crippen molar-refractivity contribution < 1.29 is 8.42 Å². The molecule has 0 N–H and O–H groups in total. The van der Waals surface area contributed by atoms with Gasteiger partial charge in [0.15, 0.2) is 9.84 Å². The smallest absolute Gasteiger partial charge is 0.184 e. The van der Waals surface area contributed by atoms with Gasteiger partial charge in [-0.05, 0) is 63.5 Å². The van der Waals surface area contributed by atoms with Gasteiger partial charge in [-0.2, -0.15) is 0 Å². The summed E-state index contributed by atoms with van der Waals surface area (Å²) in [5.41, 5.74) is 1.10. The van der Waals surface area contributed by atoms with Crippen molar-refractivity contribution in [3.8, 4) is 0 Å². The maximum atomic E-state index is 12.9. The predicted molar refractivity (Wildman–Crippen MR) is 72.2 cm³/mol. The minimum Gasteiger partial charge on any atom is -0.223 e. The molecule has 4 rings (SSSR count). The molecule has 0 spiro atoms. The summed E-state index contributed by atoms with van der Waals surface area (Å²) in [6.45, 7) is 3.94. The number of sulfone groups is 1. The van der Waals surface area contributed by atoms with Crippen molar-refractivity contribution in [1.82, 2.24) is 0 Å². The number of rotatable bonds is 2. The van der Waals surface area contributed by atoms with E-state index in [2.05, 4.69) is 0 Å². The van der Waals surface area contributed by atoms with Gasteiger partial charge in [-0.15, -0.1) is 0 Å². The summed E-state index contributed by atoms with van der Waals surface area (Å²) < 4.78 is 25.2. The second-order valence-electron chi connectivity index (χ2n) is 6.20. The van der Waals surface area contributed by atoms with E-state index in [4.69, 9.17) is 0 Å². The number of aryl methyl sites for hydroxylation is 1. The molecule has 0 heterocycles. The predicted octanol–water partition coefficient (Wildman–Crippen LogP) is 3.35. The Morgan fingerprint density at radius 3 is 2.28 bits per heavy atom. The summed E-state index contributed by atoms with van der Waals surface area (Å²) in [5.74, 6) is 1.18. The van der Waals surface area contributed by atoms with Crippen LogP contribution in [-0.2, 0) is 9.84 Å². The first-order chi connectivity index (χ1) is 8.43. The first-order valence-corrected chi connectivity index (χ1v) is 8.23. The average molecular weight is 264 g/mol. The maximum absolute atomic E-state index is 12.9. The molecule has 98 valence electrons. The molecule has 0 saturated heterocycles. The highest BCUT2D eigenvalue weighted by Gasteiger charge is 2.55. The van der Waals surface area contributed by atoms with E-state index in [0.29, 0.717) is 10.8 Å². The molecule has 2 bridgehead atoms. The van der Waals surface area contributed by atoms with Crippen LogP contribution in [-0.4, -0.2) is 13.2 Å². The zero-order valence-electron chi connectivity index (χ0n) is 11.0. The van der Waals surface area contributed by atoms with Gasteiger partial charge in [0.2, 0.25) is 0 Å². The van der Waals surface area contributed by atoms with Crippen LogP contribution in [0.25, 0.3) is 0 Å². The standard InChI is InChI=1S/C15H20O2S/c1-11-3-5-14(6-4-11)18(16,17)15(2)8-7-12-9-13(15)10-12/h3-6,12-13H,7-10H2,1-2H3/t12?,13?,15-/m0/s1. The maximum Gasteiger partial charge on any atom is 0.184 e. The van der Waals surface area contributed by atoms with E-state index in [-0.39, 0.29) is 0 Å². The zero-order valence-corrected chi connectivity index (χ0v) is 11.8. The minimum absolute atomic E-state index is 0.377. The highest BCUT2D eigenvalue weighted by molar-refractivity contribution is 7.92. The highest BCUT2D eigenvalue weighted by Crippen LogP contribution is 2.55. The van der Waals surface area contributed by atoms with Gasteiger partial charge in [0.1, 0.15) is 0 Å². The van der Waals surface area contributed by atoms with Crippen LogP contribution in [0.3, 0.4) is 0 Å². The number of hydrogen-bond acceptors (Lipinski definition) is 2. The lowest BCUT2D eigenvalue weighted by Gasteiger charge is -2.52. The van der Waals surface area contributed by atoms with Crippen molar-refractivity contribution >= 4 is 9.84 Å². The normalized spacial score (nSPS) is 35.0. The lowest BCUT2D eigenvalue weighted by molar-refractivity contribution is 0.0752. The molecule has 0 aliphatic heterocycles. The average Bonchev–Trinajstić information content (AvgIpc) is 2.28. The van der Waals surface area contributed by atoms with Crippen LogP contribution in [0.5, 0.6) is 0 Å². The Balaban J connectivity index is 2.01. The van der Waals surface area contributed by atoms with Crippen molar-refractivity contribution in [2.75, 3.05) is 0 Å². The fourth-order valence-corrected chi connectivity index (χ4v) is 5.56. The zero-order chi connectivity index (χ0) is 13.0. The monoisotopic (exact) mass is 264 g/mol. The lowest BCUT2D eigenvalue weighted by atomic mass is 9.60. The summed E-state index contributed by atoms with van der Waals surface area (Å²) in [4.78, 5) is 0.501. The third-order valence-electron chi connectivity index (χ3n) is 5.09. The van der Waals surface area contributed by atoms with Gasteiger partial charge in [0.05, 0.1) is 9.64 Å². The van der Waals surface area contributed by atoms with E-state index in [1.807, 2.05) is 26.0 Å².